The third-order valence-corrected chi connectivity index (χ3v) is 5.81. The first-order valence-corrected chi connectivity index (χ1v) is 9.81. The van der Waals surface area contributed by atoms with E-state index in [0.29, 0.717) is 19.8 Å². The molecule has 0 N–H and O–H groups in total. The van der Waals surface area contributed by atoms with E-state index in [9.17, 15) is 0 Å². The van der Waals surface area contributed by atoms with Gasteiger partial charge in [0.2, 0.25) is 0 Å². The van der Waals surface area contributed by atoms with E-state index in [1.54, 1.807) is 0 Å². The first-order chi connectivity index (χ1) is 10.1. The van der Waals surface area contributed by atoms with Crippen molar-refractivity contribution in [2.24, 2.45) is 0 Å². The van der Waals surface area contributed by atoms with Gasteiger partial charge in [-0.1, -0.05) is 50.1 Å². The minimum atomic E-state index is -2.80. The van der Waals surface area contributed by atoms with Crippen LogP contribution in [0.15, 0.2) is 18.2 Å². The molecule has 0 atom stereocenters. The molecule has 4 heteroatoms. The highest BCUT2D eigenvalue weighted by atomic mass is 28.4. The summed E-state index contributed by atoms with van der Waals surface area (Å²) in [6.45, 7) is 12.6. The normalized spacial score (nSPS) is 11.9. The molecule has 0 spiro atoms. The van der Waals surface area contributed by atoms with Crippen LogP contribution in [0.4, 0.5) is 0 Å². The Bertz CT molecular complexity index is 378. The molecule has 1 aromatic rings. The van der Waals surface area contributed by atoms with Crippen LogP contribution in [0.2, 0.25) is 0 Å². The van der Waals surface area contributed by atoms with Crippen molar-refractivity contribution in [2.75, 3.05) is 19.8 Å². The van der Waals surface area contributed by atoms with Gasteiger partial charge in [-0.05, 0) is 33.1 Å². The van der Waals surface area contributed by atoms with Crippen molar-refractivity contribution in [2.45, 2.75) is 53.9 Å². The van der Waals surface area contributed by atoms with Crippen LogP contribution >= 0.6 is 0 Å². The fraction of sp³-hybridized carbons (Fsp3) is 0.647. The topological polar surface area (TPSA) is 27.7 Å². The third kappa shape index (κ3) is 5.55. The van der Waals surface area contributed by atoms with Crippen molar-refractivity contribution >= 4 is 14.0 Å². The molecule has 0 unspecified atom stereocenters. The lowest BCUT2D eigenvalue weighted by atomic mass is 10.2. The van der Waals surface area contributed by atoms with E-state index in [1.807, 2.05) is 0 Å². The lowest BCUT2D eigenvalue weighted by Crippen LogP contribution is -2.57. The predicted octanol–water partition coefficient (Wildman–Crippen LogP) is 3.73. The zero-order chi connectivity index (χ0) is 15.7. The van der Waals surface area contributed by atoms with Crippen molar-refractivity contribution in [1.29, 1.82) is 0 Å². The summed E-state index contributed by atoms with van der Waals surface area (Å²) in [5.74, 6) is 0. The SMILES string of the molecule is CCCO[Si](OCCC)(OCCC)c1cc(C)cc(C)c1. The van der Waals surface area contributed by atoms with E-state index in [1.165, 1.54) is 11.1 Å². The summed E-state index contributed by atoms with van der Waals surface area (Å²) in [5, 5.41) is 1.09. The van der Waals surface area contributed by atoms with Gasteiger partial charge in [0.1, 0.15) is 0 Å². The molecule has 0 radical (unpaired) electrons. The number of rotatable bonds is 10. The van der Waals surface area contributed by atoms with Gasteiger partial charge in [-0.3, -0.25) is 0 Å². The van der Waals surface area contributed by atoms with Crippen LogP contribution in [0.25, 0.3) is 0 Å². The monoisotopic (exact) mass is 310 g/mol. The summed E-state index contributed by atoms with van der Waals surface area (Å²) in [5.41, 5.74) is 2.45. The molecular weight excluding hydrogens is 280 g/mol. The van der Waals surface area contributed by atoms with E-state index in [0.717, 1.165) is 24.4 Å². The Labute approximate surface area is 131 Å². The van der Waals surface area contributed by atoms with Gasteiger partial charge in [0.15, 0.2) is 0 Å². The van der Waals surface area contributed by atoms with E-state index >= 15 is 0 Å². The molecule has 0 fully saturated rings. The van der Waals surface area contributed by atoms with E-state index < -0.39 is 8.80 Å². The van der Waals surface area contributed by atoms with Crippen LogP contribution in [0.5, 0.6) is 0 Å². The molecule has 1 rings (SSSR count). The molecule has 0 bridgehead atoms. The van der Waals surface area contributed by atoms with Crippen molar-refractivity contribution in [1.82, 2.24) is 0 Å². The molecule has 0 saturated carbocycles. The molecule has 0 saturated heterocycles. The summed E-state index contributed by atoms with van der Waals surface area (Å²) >= 11 is 0. The van der Waals surface area contributed by atoms with Crippen molar-refractivity contribution < 1.29 is 13.3 Å². The highest BCUT2D eigenvalue weighted by Crippen LogP contribution is 2.15. The second kappa shape index (κ2) is 9.36. The van der Waals surface area contributed by atoms with Gasteiger partial charge in [0.25, 0.3) is 0 Å². The smallest absolute Gasteiger partial charge is 0.370 e. The molecular formula is C17H30O3Si. The van der Waals surface area contributed by atoms with Crippen LogP contribution in [-0.4, -0.2) is 28.6 Å². The zero-order valence-corrected chi connectivity index (χ0v) is 15.2. The Balaban J connectivity index is 3.15. The minimum absolute atomic E-state index is 0.673. The van der Waals surface area contributed by atoms with Crippen LogP contribution in [0, 0.1) is 13.8 Å². The van der Waals surface area contributed by atoms with Crippen LogP contribution in [0.1, 0.15) is 51.2 Å². The maximum Gasteiger partial charge on any atom is 0.537 e. The summed E-state index contributed by atoms with van der Waals surface area (Å²) in [6, 6.07) is 6.47. The van der Waals surface area contributed by atoms with Gasteiger partial charge < -0.3 is 13.3 Å². The second-order valence-electron chi connectivity index (χ2n) is 5.48. The van der Waals surface area contributed by atoms with Gasteiger partial charge in [0.05, 0.1) is 0 Å². The summed E-state index contributed by atoms with van der Waals surface area (Å²) < 4.78 is 18.5. The van der Waals surface area contributed by atoms with Gasteiger partial charge in [-0.25, -0.2) is 0 Å². The van der Waals surface area contributed by atoms with Crippen molar-refractivity contribution in [3.8, 4) is 0 Å². The molecule has 0 aliphatic carbocycles. The highest BCUT2D eigenvalue weighted by Gasteiger charge is 2.44. The molecule has 0 aliphatic rings. The van der Waals surface area contributed by atoms with Crippen molar-refractivity contribution in [3.63, 3.8) is 0 Å². The Hall–Kier alpha value is -0.683. The van der Waals surface area contributed by atoms with Crippen LogP contribution < -0.4 is 5.19 Å². The average Bonchev–Trinajstić information content (AvgIpc) is 2.46. The van der Waals surface area contributed by atoms with Gasteiger partial charge in [-0.2, -0.15) is 0 Å². The highest BCUT2D eigenvalue weighted by molar-refractivity contribution is 6.75. The first kappa shape index (κ1) is 18.4. The molecule has 3 nitrogen and oxygen atoms in total. The Morgan fingerprint density at radius 2 is 1.10 bits per heavy atom. The van der Waals surface area contributed by atoms with E-state index in [4.69, 9.17) is 13.3 Å². The third-order valence-electron chi connectivity index (χ3n) is 3.06. The Kier molecular flexibility index (Phi) is 8.18. The summed E-state index contributed by atoms with van der Waals surface area (Å²) in [4.78, 5) is 0. The maximum absolute atomic E-state index is 6.17. The summed E-state index contributed by atoms with van der Waals surface area (Å²) in [6.07, 6.45) is 2.89. The molecule has 120 valence electrons. The van der Waals surface area contributed by atoms with Crippen molar-refractivity contribution in [3.05, 3.63) is 29.3 Å². The van der Waals surface area contributed by atoms with Gasteiger partial charge in [0, 0.05) is 25.0 Å². The number of hydrogen-bond donors (Lipinski definition) is 0. The Morgan fingerprint density at radius 3 is 1.43 bits per heavy atom. The number of benzene rings is 1. The molecule has 1 aromatic carbocycles. The lowest BCUT2D eigenvalue weighted by Gasteiger charge is -2.30. The molecule has 0 heterocycles. The van der Waals surface area contributed by atoms with E-state index in [-0.39, 0.29) is 0 Å². The lowest BCUT2D eigenvalue weighted by molar-refractivity contribution is 0.0731. The largest absolute Gasteiger partial charge is 0.537 e. The zero-order valence-electron chi connectivity index (χ0n) is 14.2. The summed E-state index contributed by atoms with van der Waals surface area (Å²) in [7, 11) is -2.80. The number of aryl methyl sites for hydroxylation is 2. The average molecular weight is 311 g/mol. The van der Waals surface area contributed by atoms with E-state index in [2.05, 4.69) is 52.8 Å². The van der Waals surface area contributed by atoms with Crippen LogP contribution in [-0.2, 0) is 13.3 Å². The van der Waals surface area contributed by atoms with Crippen LogP contribution in [0.3, 0.4) is 0 Å². The Morgan fingerprint density at radius 1 is 0.714 bits per heavy atom. The number of hydrogen-bond acceptors (Lipinski definition) is 3. The predicted molar refractivity (Wildman–Crippen MR) is 90.0 cm³/mol. The first-order valence-electron chi connectivity index (χ1n) is 8.08. The quantitative estimate of drug-likeness (QED) is 0.616. The second-order valence-corrected chi connectivity index (χ2v) is 8.03. The minimum Gasteiger partial charge on any atom is -0.370 e. The molecule has 21 heavy (non-hydrogen) atoms. The molecule has 0 aliphatic heterocycles. The van der Waals surface area contributed by atoms with Gasteiger partial charge in [-0.15, -0.1) is 0 Å². The standard InChI is InChI=1S/C17H30O3Si/c1-6-9-18-21(19-10-7-2,20-11-8-3)17-13-15(4)12-16(5)14-17/h12-14H,6-11H2,1-5H3. The molecule has 0 amide bonds. The maximum atomic E-state index is 6.17. The fourth-order valence-corrected chi connectivity index (χ4v) is 5.21. The fourth-order valence-electron chi connectivity index (χ4n) is 2.24. The van der Waals surface area contributed by atoms with Gasteiger partial charge >= 0.3 is 8.80 Å². The molecule has 0 aromatic heterocycles.